The Balaban J connectivity index is 1.49. The second-order valence-corrected chi connectivity index (χ2v) is 7.41. The maximum atomic E-state index is 12.1. The fourth-order valence-corrected chi connectivity index (χ4v) is 3.69. The molecule has 1 aliphatic rings. The van der Waals surface area contributed by atoms with E-state index in [4.69, 9.17) is 22.1 Å². The van der Waals surface area contributed by atoms with Crippen molar-refractivity contribution in [1.82, 2.24) is 9.80 Å². The third-order valence-electron chi connectivity index (χ3n) is 4.86. The van der Waals surface area contributed by atoms with E-state index in [-0.39, 0.29) is 12.5 Å². The highest BCUT2D eigenvalue weighted by Crippen LogP contribution is 2.24. The van der Waals surface area contributed by atoms with Crippen molar-refractivity contribution >= 4 is 17.5 Å². The van der Waals surface area contributed by atoms with Gasteiger partial charge in [0.2, 0.25) is 5.91 Å². The predicted octanol–water partition coefficient (Wildman–Crippen LogP) is 1.92. The van der Waals surface area contributed by atoms with Gasteiger partial charge in [-0.25, -0.2) is 0 Å². The smallest absolute Gasteiger partial charge is 0.239 e. The molecular formula is C21H26ClN3O3. The Morgan fingerprint density at radius 2 is 1.82 bits per heavy atom. The Morgan fingerprint density at radius 3 is 2.46 bits per heavy atom. The molecule has 2 atom stereocenters. The molecule has 1 saturated heterocycles. The molecule has 0 saturated carbocycles. The summed E-state index contributed by atoms with van der Waals surface area (Å²) < 4.78 is 5.61. The monoisotopic (exact) mass is 403 g/mol. The first-order chi connectivity index (χ1) is 13.5. The van der Waals surface area contributed by atoms with Crippen LogP contribution in [0.2, 0.25) is 5.02 Å². The topological polar surface area (TPSA) is 79.0 Å². The van der Waals surface area contributed by atoms with Crippen LogP contribution in [-0.2, 0) is 4.79 Å². The molecule has 7 heteroatoms. The second-order valence-electron chi connectivity index (χ2n) is 6.97. The van der Waals surface area contributed by atoms with Crippen molar-refractivity contribution in [3.05, 3.63) is 65.2 Å². The number of halogens is 1. The summed E-state index contributed by atoms with van der Waals surface area (Å²) >= 11 is 6.07. The van der Waals surface area contributed by atoms with Crippen LogP contribution < -0.4 is 10.5 Å². The van der Waals surface area contributed by atoms with Gasteiger partial charge in [0.15, 0.2) is 0 Å². The molecule has 6 nitrogen and oxygen atoms in total. The highest BCUT2D eigenvalue weighted by atomic mass is 35.5. The normalized spacial score (nSPS) is 17.8. The number of aliphatic hydroxyl groups excluding tert-OH is 1. The van der Waals surface area contributed by atoms with Crippen LogP contribution in [0.1, 0.15) is 11.6 Å². The molecule has 150 valence electrons. The molecule has 1 fully saturated rings. The summed E-state index contributed by atoms with van der Waals surface area (Å²) in [5.41, 5.74) is 6.48. The molecule has 0 radical (unpaired) electrons. The SMILES string of the molecule is NC(=O)C(c1cccc(Cl)c1)N1CCN(CC(O)COc2ccccc2)CC1. The Labute approximate surface area is 170 Å². The summed E-state index contributed by atoms with van der Waals surface area (Å²) in [6.07, 6.45) is -0.577. The average Bonchev–Trinajstić information content (AvgIpc) is 2.68. The molecule has 3 N–H and O–H groups in total. The fourth-order valence-electron chi connectivity index (χ4n) is 3.50. The van der Waals surface area contributed by atoms with Crippen LogP contribution >= 0.6 is 11.6 Å². The quantitative estimate of drug-likeness (QED) is 0.704. The zero-order chi connectivity index (χ0) is 19.9. The van der Waals surface area contributed by atoms with Gasteiger partial charge in [-0.3, -0.25) is 14.6 Å². The molecule has 0 spiro atoms. The van der Waals surface area contributed by atoms with Gasteiger partial charge in [-0.05, 0) is 29.8 Å². The maximum Gasteiger partial charge on any atom is 0.239 e. The lowest BCUT2D eigenvalue weighted by atomic mass is 10.0. The number of benzene rings is 2. The van der Waals surface area contributed by atoms with Crippen molar-refractivity contribution in [1.29, 1.82) is 0 Å². The highest BCUT2D eigenvalue weighted by Gasteiger charge is 2.29. The van der Waals surface area contributed by atoms with Crippen molar-refractivity contribution in [2.75, 3.05) is 39.3 Å². The van der Waals surface area contributed by atoms with Crippen molar-refractivity contribution in [3.8, 4) is 5.75 Å². The van der Waals surface area contributed by atoms with E-state index in [2.05, 4.69) is 9.80 Å². The van der Waals surface area contributed by atoms with Gasteiger partial charge >= 0.3 is 0 Å². The third-order valence-corrected chi connectivity index (χ3v) is 5.10. The minimum Gasteiger partial charge on any atom is -0.491 e. The predicted molar refractivity (Wildman–Crippen MR) is 109 cm³/mol. The largest absolute Gasteiger partial charge is 0.491 e. The molecule has 1 aliphatic heterocycles. The number of carbonyl (C=O) groups excluding carboxylic acids is 1. The Morgan fingerprint density at radius 1 is 1.11 bits per heavy atom. The Hall–Kier alpha value is -2.12. The van der Waals surface area contributed by atoms with Gasteiger partial charge in [0.1, 0.15) is 24.5 Å². The van der Waals surface area contributed by atoms with Crippen LogP contribution in [0, 0.1) is 0 Å². The molecule has 3 rings (SSSR count). The van der Waals surface area contributed by atoms with Crippen molar-refractivity contribution in [2.24, 2.45) is 5.73 Å². The minimum absolute atomic E-state index is 0.247. The molecule has 1 amide bonds. The maximum absolute atomic E-state index is 12.1. The lowest BCUT2D eigenvalue weighted by Gasteiger charge is -2.38. The lowest BCUT2D eigenvalue weighted by molar-refractivity contribution is -0.124. The summed E-state index contributed by atoms with van der Waals surface area (Å²) in [6.45, 7) is 3.63. The van der Waals surface area contributed by atoms with Crippen LogP contribution in [0.25, 0.3) is 0 Å². The summed E-state index contributed by atoms with van der Waals surface area (Å²) in [5, 5.41) is 10.9. The number of amides is 1. The number of β-amino-alcohol motifs (C(OH)–C–C–N with tert-alkyl or cyclic N) is 1. The van der Waals surface area contributed by atoms with E-state index in [1.165, 1.54) is 0 Å². The first kappa shape index (κ1) is 20.6. The standard InChI is InChI=1S/C21H26ClN3O3/c22-17-6-4-5-16(13-17)20(21(23)27)25-11-9-24(10-12-25)14-18(26)15-28-19-7-2-1-3-8-19/h1-8,13,18,20,26H,9-12,14-15H2,(H2,23,27). The Bertz CT molecular complexity index is 767. The van der Waals surface area contributed by atoms with Crippen molar-refractivity contribution < 1.29 is 14.6 Å². The summed E-state index contributed by atoms with van der Waals surface area (Å²) in [4.78, 5) is 16.3. The highest BCUT2D eigenvalue weighted by molar-refractivity contribution is 6.30. The van der Waals surface area contributed by atoms with E-state index in [9.17, 15) is 9.90 Å². The number of ether oxygens (including phenoxy) is 1. The molecule has 2 aromatic carbocycles. The molecule has 0 aromatic heterocycles. The lowest BCUT2D eigenvalue weighted by Crippen LogP contribution is -2.52. The van der Waals surface area contributed by atoms with E-state index in [1.807, 2.05) is 42.5 Å². The van der Waals surface area contributed by atoms with Gasteiger partial charge < -0.3 is 15.6 Å². The molecule has 2 unspecified atom stereocenters. The van der Waals surface area contributed by atoms with E-state index in [1.54, 1.807) is 12.1 Å². The van der Waals surface area contributed by atoms with Crippen molar-refractivity contribution in [3.63, 3.8) is 0 Å². The first-order valence-corrected chi connectivity index (χ1v) is 9.78. The number of para-hydroxylation sites is 1. The van der Waals surface area contributed by atoms with E-state index >= 15 is 0 Å². The number of nitrogens with two attached hydrogens (primary N) is 1. The number of rotatable bonds is 8. The third kappa shape index (κ3) is 5.69. The molecular weight excluding hydrogens is 378 g/mol. The van der Waals surface area contributed by atoms with Crippen LogP contribution in [0.15, 0.2) is 54.6 Å². The van der Waals surface area contributed by atoms with Gasteiger partial charge in [-0.2, -0.15) is 0 Å². The average molecular weight is 404 g/mol. The zero-order valence-corrected chi connectivity index (χ0v) is 16.5. The van der Waals surface area contributed by atoms with E-state index < -0.39 is 12.1 Å². The van der Waals surface area contributed by atoms with Crippen molar-refractivity contribution in [2.45, 2.75) is 12.1 Å². The second kappa shape index (κ2) is 9.89. The first-order valence-electron chi connectivity index (χ1n) is 9.40. The summed E-state index contributed by atoms with van der Waals surface area (Å²) in [6, 6.07) is 16.2. The number of piperazine rings is 1. The van der Waals surface area contributed by atoms with Crippen LogP contribution in [0.5, 0.6) is 5.75 Å². The minimum atomic E-state index is -0.577. The number of nitrogens with zero attached hydrogens (tertiary/aromatic N) is 2. The van der Waals surface area contributed by atoms with Crippen LogP contribution in [0.3, 0.4) is 0 Å². The molecule has 0 aliphatic carbocycles. The molecule has 1 heterocycles. The van der Waals surface area contributed by atoms with Gasteiger partial charge in [-0.15, -0.1) is 0 Å². The summed E-state index contributed by atoms with van der Waals surface area (Å²) in [7, 11) is 0. The van der Waals surface area contributed by atoms with Gasteiger partial charge in [0, 0.05) is 37.7 Å². The number of aliphatic hydroxyl groups is 1. The van der Waals surface area contributed by atoms with E-state index in [0.29, 0.717) is 24.7 Å². The number of hydrogen-bond donors (Lipinski definition) is 2. The van der Waals surface area contributed by atoms with Crippen LogP contribution in [-0.4, -0.2) is 66.2 Å². The molecule has 28 heavy (non-hydrogen) atoms. The van der Waals surface area contributed by atoms with Gasteiger partial charge in [0.05, 0.1) is 0 Å². The molecule has 0 bridgehead atoms. The van der Waals surface area contributed by atoms with Gasteiger partial charge in [0.25, 0.3) is 0 Å². The summed E-state index contributed by atoms with van der Waals surface area (Å²) in [5.74, 6) is 0.365. The number of primary amides is 1. The van der Waals surface area contributed by atoms with Crippen LogP contribution in [0.4, 0.5) is 0 Å². The van der Waals surface area contributed by atoms with Gasteiger partial charge in [-0.1, -0.05) is 41.9 Å². The fraction of sp³-hybridized carbons (Fsp3) is 0.381. The zero-order valence-electron chi connectivity index (χ0n) is 15.7. The molecule has 2 aromatic rings. The number of carbonyl (C=O) groups is 1. The van der Waals surface area contributed by atoms with E-state index in [0.717, 1.165) is 24.4 Å². The number of hydrogen-bond acceptors (Lipinski definition) is 5. The Kier molecular flexibility index (Phi) is 7.28.